The molecule has 0 radical (unpaired) electrons. The van der Waals surface area contributed by atoms with Crippen LogP contribution >= 0.6 is 0 Å². The van der Waals surface area contributed by atoms with Crippen molar-refractivity contribution >= 4 is 5.78 Å². The summed E-state index contributed by atoms with van der Waals surface area (Å²) in [6.45, 7) is 4.51. The van der Waals surface area contributed by atoms with Crippen LogP contribution in [0.4, 0.5) is 8.78 Å². The molecule has 3 heteroatoms. The molecule has 0 spiro atoms. The van der Waals surface area contributed by atoms with Gasteiger partial charge in [0.25, 0.3) is 6.08 Å². The monoisotopic (exact) mass is 320 g/mol. The fourth-order valence-corrected chi connectivity index (χ4v) is 6.59. The third kappa shape index (κ3) is 2.11. The van der Waals surface area contributed by atoms with Crippen LogP contribution < -0.4 is 0 Å². The summed E-state index contributed by atoms with van der Waals surface area (Å²) in [6.07, 6.45) is 8.67. The molecule has 0 aliphatic heterocycles. The molecule has 23 heavy (non-hydrogen) atoms. The summed E-state index contributed by atoms with van der Waals surface area (Å²) in [5.74, 6) is 1.32. The molecule has 0 heterocycles. The van der Waals surface area contributed by atoms with Gasteiger partial charge in [-0.15, -0.1) is 0 Å². The maximum absolute atomic E-state index is 13.7. The molecule has 0 aromatic rings. The highest BCUT2D eigenvalue weighted by atomic mass is 19.3. The first kappa shape index (κ1) is 15.5. The van der Waals surface area contributed by atoms with Crippen LogP contribution in [0.1, 0.15) is 58.8 Å². The average Bonchev–Trinajstić information content (AvgIpc) is 2.89. The van der Waals surface area contributed by atoms with Crippen molar-refractivity contribution in [3.63, 3.8) is 0 Å². The zero-order valence-corrected chi connectivity index (χ0v) is 14.1. The summed E-state index contributed by atoms with van der Waals surface area (Å²) in [7, 11) is 0. The van der Waals surface area contributed by atoms with Crippen molar-refractivity contribution in [1.29, 1.82) is 0 Å². The van der Waals surface area contributed by atoms with E-state index in [1.54, 1.807) is 0 Å². The van der Waals surface area contributed by atoms with E-state index >= 15 is 0 Å². The molecule has 3 saturated carbocycles. The number of hydrogen-bond donors (Lipinski definition) is 0. The van der Waals surface area contributed by atoms with Crippen LogP contribution in [0.2, 0.25) is 0 Å². The lowest BCUT2D eigenvalue weighted by Crippen LogP contribution is -2.53. The Kier molecular flexibility index (Phi) is 3.38. The molecule has 6 atom stereocenters. The molecule has 126 valence electrons. The summed E-state index contributed by atoms with van der Waals surface area (Å²) in [4.78, 5) is 11.9. The Morgan fingerprint density at radius 2 is 1.96 bits per heavy atom. The third-order valence-corrected chi connectivity index (χ3v) is 7.90. The summed E-state index contributed by atoms with van der Waals surface area (Å²) < 4.78 is 27.5. The first-order chi connectivity index (χ1) is 10.8. The van der Waals surface area contributed by atoms with E-state index < -0.39 is 6.08 Å². The van der Waals surface area contributed by atoms with Crippen LogP contribution in [0.5, 0.6) is 0 Å². The van der Waals surface area contributed by atoms with E-state index in [4.69, 9.17) is 0 Å². The fraction of sp³-hybridized carbons (Fsp3) is 0.750. The minimum absolute atomic E-state index is 0.112. The Balaban J connectivity index is 1.76. The highest BCUT2D eigenvalue weighted by molar-refractivity contribution is 5.80. The maximum atomic E-state index is 13.7. The predicted octanol–water partition coefficient (Wildman–Crippen LogP) is 5.52. The number of halogens is 2. The third-order valence-electron chi connectivity index (χ3n) is 7.90. The van der Waals surface area contributed by atoms with Crippen LogP contribution in [-0.4, -0.2) is 5.78 Å². The molecule has 0 unspecified atom stereocenters. The minimum atomic E-state index is -1.51. The van der Waals surface area contributed by atoms with E-state index in [0.717, 1.165) is 19.3 Å². The van der Waals surface area contributed by atoms with Crippen molar-refractivity contribution < 1.29 is 13.6 Å². The second-order valence-electron chi connectivity index (χ2n) is 8.85. The number of carbonyl (C=O) groups is 1. The van der Waals surface area contributed by atoms with Crippen molar-refractivity contribution in [3.05, 3.63) is 23.8 Å². The summed E-state index contributed by atoms with van der Waals surface area (Å²) in [6, 6.07) is 0. The van der Waals surface area contributed by atoms with Crippen molar-refractivity contribution in [3.8, 4) is 0 Å². The van der Waals surface area contributed by atoms with Crippen LogP contribution in [0.25, 0.3) is 0 Å². The topological polar surface area (TPSA) is 17.1 Å². The smallest absolute Gasteiger partial charge is 0.269 e. The number of Topliss-reactive ketones (excluding diaryl/α,β-unsaturated/α-hetero) is 1. The largest absolute Gasteiger partial charge is 0.300 e. The molecule has 0 aromatic heterocycles. The molecular formula is C20H26F2O. The molecular weight excluding hydrogens is 294 g/mol. The molecule has 0 bridgehead atoms. The van der Waals surface area contributed by atoms with Gasteiger partial charge in [-0.05, 0) is 72.2 Å². The van der Waals surface area contributed by atoms with E-state index in [2.05, 4.69) is 26.0 Å². The zero-order chi connectivity index (χ0) is 16.4. The molecule has 4 aliphatic carbocycles. The summed E-state index contributed by atoms with van der Waals surface area (Å²) in [5, 5.41) is 0. The van der Waals surface area contributed by atoms with Gasteiger partial charge in [0.1, 0.15) is 5.78 Å². The Bertz CT molecular complexity index is 603. The number of allylic oxidation sites excluding steroid dienone is 3. The van der Waals surface area contributed by atoms with E-state index in [0.29, 0.717) is 42.6 Å². The lowest BCUT2D eigenvalue weighted by Gasteiger charge is -2.60. The normalized spacial score (nSPS) is 48.7. The molecule has 0 N–H and O–H groups in total. The molecule has 0 amide bonds. The number of rotatable bonds is 0. The Morgan fingerprint density at radius 1 is 1.17 bits per heavy atom. The minimum Gasteiger partial charge on any atom is -0.300 e. The summed E-state index contributed by atoms with van der Waals surface area (Å²) in [5.41, 5.74) is 0.407. The Labute approximate surface area is 137 Å². The van der Waals surface area contributed by atoms with Crippen LogP contribution in [-0.2, 0) is 4.79 Å². The van der Waals surface area contributed by atoms with Gasteiger partial charge < -0.3 is 0 Å². The maximum Gasteiger partial charge on any atom is 0.269 e. The van der Waals surface area contributed by atoms with Gasteiger partial charge in [0.05, 0.1) is 0 Å². The molecule has 1 nitrogen and oxygen atoms in total. The van der Waals surface area contributed by atoms with Gasteiger partial charge in [0.15, 0.2) is 0 Å². The molecule has 4 aliphatic rings. The van der Waals surface area contributed by atoms with Gasteiger partial charge in [0.2, 0.25) is 0 Å². The second-order valence-corrected chi connectivity index (χ2v) is 8.85. The fourth-order valence-electron chi connectivity index (χ4n) is 6.59. The quantitative estimate of drug-likeness (QED) is 0.537. The average molecular weight is 320 g/mol. The number of ketones is 1. The highest BCUT2D eigenvalue weighted by Crippen LogP contribution is 2.66. The van der Waals surface area contributed by atoms with Crippen LogP contribution in [0.15, 0.2) is 23.8 Å². The highest BCUT2D eigenvalue weighted by Gasteiger charge is 2.59. The van der Waals surface area contributed by atoms with Gasteiger partial charge in [-0.2, -0.15) is 8.78 Å². The number of carbonyl (C=O) groups excluding carboxylic acids is 1. The first-order valence-corrected chi connectivity index (χ1v) is 9.08. The van der Waals surface area contributed by atoms with Gasteiger partial charge in [-0.1, -0.05) is 26.0 Å². The Hall–Kier alpha value is -0.990. The van der Waals surface area contributed by atoms with E-state index in [9.17, 15) is 13.6 Å². The lowest BCUT2D eigenvalue weighted by molar-refractivity contribution is -0.131. The Morgan fingerprint density at radius 3 is 2.70 bits per heavy atom. The van der Waals surface area contributed by atoms with Crippen LogP contribution in [0.3, 0.4) is 0 Å². The van der Waals surface area contributed by atoms with Gasteiger partial charge in [-0.3, -0.25) is 4.79 Å². The van der Waals surface area contributed by atoms with Crippen molar-refractivity contribution in [2.45, 2.75) is 58.8 Å². The van der Waals surface area contributed by atoms with Crippen LogP contribution in [0, 0.1) is 34.5 Å². The first-order valence-electron chi connectivity index (χ1n) is 9.08. The molecule has 0 saturated heterocycles. The predicted molar refractivity (Wildman–Crippen MR) is 85.9 cm³/mol. The van der Waals surface area contributed by atoms with Crippen molar-refractivity contribution in [2.75, 3.05) is 0 Å². The molecule has 4 rings (SSSR count). The van der Waals surface area contributed by atoms with Gasteiger partial charge >= 0.3 is 0 Å². The molecule has 0 aromatic carbocycles. The second kappa shape index (κ2) is 5.00. The SMILES string of the molecule is C[C@]12CCC(=O)C[C@@H]1C(=C(F)F)C[C@@H]1[C@@H]2CC[C@]2(C)C=CC[C@@H]12. The standard InChI is InChI=1S/C20H26F2O/c1-19-7-3-4-15(19)13-11-14(18(21)22)17-10-12(23)5-9-20(17,2)16(13)6-8-19/h3,7,13,15-17H,4-6,8-11H2,1-2H3/t13-,15-,16-,17+,19-,20+/m0/s1. The van der Waals surface area contributed by atoms with E-state index in [1.165, 1.54) is 6.42 Å². The van der Waals surface area contributed by atoms with E-state index in [1.807, 2.05) is 0 Å². The lowest BCUT2D eigenvalue weighted by atomic mass is 9.44. The van der Waals surface area contributed by atoms with Crippen molar-refractivity contribution in [1.82, 2.24) is 0 Å². The van der Waals surface area contributed by atoms with E-state index in [-0.39, 0.29) is 22.5 Å². The number of hydrogen-bond acceptors (Lipinski definition) is 1. The molecule has 3 fully saturated rings. The van der Waals surface area contributed by atoms with Gasteiger partial charge in [-0.25, -0.2) is 0 Å². The number of fused-ring (bicyclic) bond motifs is 5. The summed E-state index contributed by atoms with van der Waals surface area (Å²) >= 11 is 0. The zero-order valence-electron chi connectivity index (χ0n) is 14.1. The van der Waals surface area contributed by atoms with Crippen molar-refractivity contribution in [2.24, 2.45) is 34.5 Å². The van der Waals surface area contributed by atoms with Gasteiger partial charge in [0, 0.05) is 12.8 Å².